The van der Waals surface area contributed by atoms with Gasteiger partial charge in [-0.3, -0.25) is 4.79 Å². The highest BCUT2D eigenvalue weighted by molar-refractivity contribution is 7.07. The van der Waals surface area contributed by atoms with Crippen LogP contribution in [-0.2, 0) is 6.54 Å². The molecule has 4 nitrogen and oxygen atoms in total. The van der Waals surface area contributed by atoms with Gasteiger partial charge in [0.2, 0.25) is 0 Å². The molecule has 0 radical (unpaired) electrons. The van der Waals surface area contributed by atoms with E-state index in [9.17, 15) is 4.79 Å². The maximum absolute atomic E-state index is 11.9. The van der Waals surface area contributed by atoms with Crippen molar-refractivity contribution in [3.63, 3.8) is 0 Å². The molecule has 2 aromatic heterocycles. The zero-order valence-corrected chi connectivity index (χ0v) is 12.0. The molecule has 0 aliphatic carbocycles. The van der Waals surface area contributed by atoms with Gasteiger partial charge in [-0.05, 0) is 35.4 Å². The van der Waals surface area contributed by atoms with Gasteiger partial charge in [0.15, 0.2) is 0 Å². The van der Waals surface area contributed by atoms with E-state index in [0.29, 0.717) is 22.9 Å². The highest BCUT2D eigenvalue weighted by Crippen LogP contribution is 2.19. The van der Waals surface area contributed by atoms with Gasteiger partial charge in [-0.15, -0.1) is 0 Å². The molecular weight excluding hydrogens is 282 g/mol. The third-order valence-corrected chi connectivity index (χ3v) is 3.50. The number of aromatic nitrogens is 1. The van der Waals surface area contributed by atoms with Crippen LogP contribution >= 0.6 is 22.9 Å². The topological polar surface area (TPSA) is 54.0 Å². The molecule has 0 saturated heterocycles. The van der Waals surface area contributed by atoms with Crippen LogP contribution in [0, 0.1) is 0 Å². The second-order valence-electron chi connectivity index (χ2n) is 3.90. The van der Waals surface area contributed by atoms with Crippen molar-refractivity contribution in [1.82, 2.24) is 10.3 Å². The number of carbonyl (C=O) groups excluding carboxylic acids is 1. The Morgan fingerprint density at radius 1 is 1.53 bits per heavy atom. The molecule has 0 spiro atoms. The van der Waals surface area contributed by atoms with Gasteiger partial charge in [0, 0.05) is 19.3 Å². The monoisotopic (exact) mass is 295 g/mol. The molecule has 19 heavy (non-hydrogen) atoms. The molecule has 2 aromatic rings. The third-order valence-electron chi connectivity index (χ3n) is 2.48. The van der Waals surface area contributed by atoms with Crippen LogP contribution in [0.3, 0.4) is 0 Å². The van der Waals surface area contributed by atoms with E-state index in [1.54, 1.807) is 17.4 Å². The summed E-state index contributed by atoms with van der Waals surface area (Å²) in [6, 6.07) is 3.60. The Morgan fingerprint density at radius 2 is 2.37 bits per heavy atom. The fourth-order valence-corrected chi connectivity index (χ4v) is 2.44. The predicted octanol–water partition coefficient (Wildman–Crippen LogP) is 3.16. The van der Waals surface area contributed by atoms with Crippen LogP contribution < -0.4 is 10.6 Å². The molecule has 1 amide bonds. The lowest BCUT2D eigenvalue weighted by atomic mass is 10.2. The minimum atomic E-state index is -0.177. The second kappa shape index (κ2) is 6.54. The van der Waals surface area contributed by atoms with Gasteiger partial charge in [0.05, 0.1) is 10.6 Å². The van der Waals surface area contributed by atoms with Crippen molar-refractivity contribution in [2.24, 2.45) is 0 Å². The Labute approximate surface area is 120 Å². The summed E-state index contributed by atoms with van der Waals surface area (Å²) in [5, 5.41) is 10.3. The summed E-state index contributed by atoms with van der Waals surface area (Å²) in [4.78, 5) is 16.1. The number of carbonyl (C=O) groups is 1. The number of amides is 1. The van der Waals surface area contributed by atoms with E-state index in [2.05, 4.69) is 15.6 Å². The Balaban J connectivity index is 2.01. The largest absolute Gasteiger partial charge is 0.369 e. The first kappa shape index (κ1) is 13.8. The second-order valence-corrected chi connectivity index (χ2v) is 5.09. The quantitative estimate of drug-likeness (QED) is 0.891. The number of nitrogens with zero attached hydrogens (tertiary/aromatic N) is 1. The van der Waals surface area contributed by atoms with E-state index in [-0.39, 0.29) is 5.91 Å². The fourth-order valence-electron chi connectivity index (χ4n) is 1.54. The van der Waals surface area contributed by atoms with Crippen molar-refractivity contribution in [3.05, 3.63) is 45.2 Å². The van der Waals surface area contributed by atoms with Gasteiger partial charge >= 0.3 is 0 Å². The van der Waals surface area contributed by atoms with E-state index < -0.39 is 0 Å². The van der Waals surface area contributed by atoms with Crippen molar-refractivity contribution < 1.29 is 4.79 Å². The number of hydrogen-bond acceptors (Lipinski definition) is 4. The minimum absolute atomic E-state index is 0.177. The van der Waals surface area contributed by atoms with Crippen LogP contribution in [0.4, 0.5) is 5.82 Å². The molecular formula is C13H14ClN3OS. The lowest BCUT2D eigenvalue weighted by molar-refractivity contribution is 0.0950. The number of rotatable bonds is 5. The molecule has 100 valence electrons. The van der Waals surface area contributed by atoms with Crippen molar-refractivity contribution in [3.8, 4) is 0 Å². The standard InChI is InChI=1S/C13H14ClN3OS/c1-2-15-12-11(14)5-10(7-16-12)13(18)17-6-9-3-4-19-8-9/h3-5,7-8H,2,6H2,1H3,(H,15,16)(H,17,18). The van der Waals surface area contributed by atoms with Crippen molar-refractivity contribution >= 4 is 34.7 Å². The first-order valence-corrected chi connectivity index (χ1v) is 7.21. The summed E-state index contributed by atoms with van der Waals surface area (Å²) in [7, 11) is 0. The summed E-state index contributed by atoms with van der Waals surface area (Å²) in [6.07, 6.45) is 1.52. The van der Waals surface area contributed by atoms with E-state index >= 15 is 0 Å². The number of anilines is 1. The van der Waals surface area contributed by atoms with E-state index in [0.717, 1.165) is 12.1 Å². The molecule has 2 rings (SSSR count). The average molecular weight is 296 g/mol. The van der Waals surface area contributed by atoms with Crippen molar-refractivity contribution in [2.45, 2.75) is 13.5 Å². The van der Waals surface area contributed by atoms with Crippen molar-refractivity contribution in [2.75, 3.05) is 11.9 Å². The van der Waals surface area contributed by atoms with E-state index in [4.69, 9.17) is 11.6 Å². The molecule has 0 atom stereocenters. The molecule has 2 heterocycles. The van der Waals surface area contributed by atoms with Gasteiger partial charge in [-0.25, -0.2) is 4.98 Å². The van der Waals surface area contributed by atoms with Crippen LogP contribution in [0.2, 0.25) is 5.02 Å². The molecule has 0 aromatic carbocycles. The number of pyridine rings is 1. The highest BCUT2D eigenvalue weighted by Gasteiger charge is 2.09. The maximum atomic E-state index is 11.9. The smallest absolute Gasteiger partial charge is 0.253 e. The van der Waals surface area contributed by atoms with Crippen LogP contribution in [-0.4, -0.2) is 17.4 Å². The first-order valence-electron chi connectivity index (χ1n) is 5.89. The summed E-state index contributed by atoms with van der Waals surface area (Å²) < 4.78 is 0. The van der Waals surface area contributed by atoms with Crippen LogP contribution in [0.15, 0.2) is 29.1 Å². The predicted molar refractivity (Wildman–Crippen MR) is 78.9 cm³/mol. The zero-order chi connectivity index (χ0) is 13.7. The third kappa shape index (κ3) is 3.68. The maximum Gasteiger partial charge on any atom is 0.253 e. The average Bonchev–Trinajstić information content (AvgIpc) is 2.91. The van der Waals surface area contributed by atoms with Crippen LogP contribution in [0.5, 0.6) is 0 Å². The number of thiophene rings is 1. The Bertz CT molecular complexity index is 557. The molecule has 0 aliphatic rings. The lowest BCUT2D eigenvalue weighted by Gasteiger charge is -2.07. The summed E-state index contributed by atoms with van der Waals surface area (Å²) in [5.41, 5.74) is 1.54. The van der Waals surface area contributed by atoms with E-state index in [1.807, 2.05) is 23.8 Å². The van der Waals surface area contributed by atoms with Crippen LogP contribution in [0.25, 0.3) is 0 Å². The normalized spacial score (nSPS) is 10.2. The molecule has 2 N–H and O–H groups in total. The number of nitrogens with one attached hydrogen (secondary N) is 2. The molecule has 0 fully saturated rings. The fraction of sp³-hybridized carbons (Fsp3) is 0.231. The Kier molecular flexibility index (Phi) is 4.76. The van der Waals surface area contributed by atoms with Gasteiger partial charge < -0.3 is 10.6 Å². The zero-order valence-electron chi connectivity index (χ0n) is 10.4. The molecule has 0 unspecified atom stereocenters. The molecule has 0 bridgehead atoms. The minimum Gasteiger partial charge on any atom is -0.369 e. The SMILES string of the molecule is CCNc1ncc(C(=O)NCc2ccsc2)cc1Cl. The van der Waals surface area contributed by atoms with Gasteiger partial charge in [-0.1, -0.05) is 11.6 Å². The van der Waals surface area contributed by atoms with Gasteiger partial charge in [0.25, 0.3) is 5.91 Å². The van der Waals surface area contributed by atoms with Crippen LogP contribution in [0.1, 0.15) is 22.8 Å². The molecule has 6 heteroatoms. The van der Waals surface area contributed by atoms with Gasteiger partial charge in [0.1, 0.15) is 5.82 Å². The summed E-state index contributed by atoms with van der Waals surface area (Å²) >= 11 is 7.65. The lowest BCUT2D eigenvalue weighted by Crippen LogP contribution is -2.22. The first-order chi connectivity index (χ1) is 9.20. The van der Waals surface area contributed by atoms with Gasteiger partial charge in [-0.2, -0.15) is 11.3 Å². The number of halogens is 1. The Hall–Kier alpha value is -1.59. The summed E-state index contributed by atoms with van der Waals surface area (Å²) in [5.74, 6) is 0.419. The van der Waals surface area contributed by atoms with E-state index in [1.165, 1.54) is 6.20 Å². The highest BCUT2D eigenvalue weighted by atomic mass is 35.5. The summed E-state index contributed by atoms with van der Waals surface area (Å²) in [6.45, 7) is 3.20. The Morgan fingerprint density at radius 3 is 3.00 bits per heavy atom. The number of hydrogen-bond donors (Lipinski definition) is 2. The van der Waals surface area contributed by atoms with Crippen molar-refractivity contribution in [1.29, 1.82) is 0 Å². The molecule has 0 aliphatic heterocycles. The molecule has 0 saturated carbocycles.